The van der Waals surface area contributed by atoms with Gasteiger partial charge in [-0.1, -0.05) is 34.6 Å². The molecule has 0 aliphatic carbocycles. The molecule has 0 saturated heterocycles. The molecule has 0 heterocycles. The third-order valence-electron chi connectivity index (χ3n) is 2.55. The second-order valence-electron chi connectivity index (χ2n) is 5.04. The molecule has 0 aliphatic heterocycles. The molecular formula is C11H20O4. The summed E-state index contributed by atoms with van der Waals surface area (Å²) in [7, 11) is 0. The van der Waals surface area contributed by atoms with Gasteiger partial charge in [-0.3, -0.25) is 4.79 Å². The minimum Gasteiger partial charge on any atom is -0.478 e. The number of carboxylic acids is 1. The van der Waals surface area contributed by atoms with Gasteiger partial charge in [-0.05, 0) is 0 Å². The number of hydrogen-bond donors (Lipinski definition) is 1. The monoisotopic (exact) mass is 216 g/mol. The number of carboxylic acid groups (broad SMARTS) is 1. The van der Waals surface area contributed by atoms with Gasteiger partial charge in [-0.25, -0.2) is 4.79 Å². The van der Waals surface area contributed by atoms with Gasteiger partial charge in [-0.15, -0.1) is 0 Å². The van der Waals surface area contributed by atoms with Crippen molar-refractivity contribution in [3.05, 3.63) is 0 Å². The van der Waals surface area contributed by atoms with E-state index in [9.17, 15) is 14.7 Å². The van der Waals surface area contributed by atoms with Crippen molar-refractivity contribution in [1.29, 1.82) is 0 Å². The lowest BCUT2D eigenvalue weighted by Crippen LogP contribution is -2.57. The van der Waals surface area contributed by atoms with Crippen LogP contribution < -0.4 is 0 Å². The van der Waals surface area contributed by atoms with Crippen molar-refractivity contribution in [3.8, 4) is 0 Å². The van der Waals surface area contributed by atoms with Crippen LogP contribution in [0.15, 0.2) is 0 Å². The highest BCUT2D eigenvalue weighted by Gasteiger charge is 2.54. The molecule has 15 heavy (non-hydrogen) atoms. The van der Waals surface area contributed by atoms with Crippen LogP contribution in [0.2, 0.25) is 0 Å². The summed E-state index contributed by atoms with van der Waals surface area (Å²) in [6, 6.07) is 0. The number of aliphatic carboxylic acids is 1. The van der Waals surface area contributed by atoms with E-state index < -0.39 is 23.0 Å². The number of esters is 1. The molecule has 1 atom stereocenters. The largest absolute Gasteiger partial charge is 0.478 e. The van der Waals surface area contributed by atoms with Crippen LogP contribution in [0.5, 0.6) is 0 Å². The summed E-state index contributed by atoms with van der Waals surface area (Å²) in [5.41, 5.74) is -2.13. The highest BCUT2D eigenvalue weighted by atomic mass is 16.6. The maximum Gasteiger partial charge on any atom is 0.349 e. The SMILES string of the molecule is CC(=O)OC(C(=O)O)(C(C)C)C(C)(C)C. The molecule has 0 saturated carbocycles. The predicted octanol–water partition coefficient (Wildman–Crippen LogP) is 2.08. The van der Waals surface area contributed by atoms with Gasteiger partial charge in [0.15, 0.2) is 0 Å². The van der Waals surface area contributed by atoms with E-state index in [1.807, 2.05) is 0 Å². The van der Waals surface area contributed by atoms with Gasteiger partial charge in [0.25, 0.3) is 0 Å². The van der Waals surface area contributed by atoms with Crippen LogP contribution in [0, 0.1) is 11.3 Å². The molecule has 0 aromatic heterocycles. The lowest BCUT2D eigenvalue weighted by Gasteiger charge is -2.42. The average molecular weight is 216 g/mol. The van der Waals surface area contributed by atoms with E-state index in [1.165, 1.54) is 6.92 Å². The second-order valence-corrected chi connectivity index (χ2v) is 5.04. The highest BCUT2D eigenvalue weighted by Crippen LogP contribution is 2.40. The first kappa shape index (κ1) is 13.9. The summed E-state index contributed by atoms with van der Waals surface area (Å²) >= 11 is 0. The van der Waals surface area contributed by atoms with Crippen molar-refractivity contribution in [2.45, 2.75) is 47.1 Å². The molecule has 0 aromatic rings. The molecule has 1 N–H and O–H groups in total. The van der Waals surface area contributed by atoms with Gasteiger partial charge in [0.05, 0.1) is 0 Å². The van der Waals surface area contributed by atoms with Gasteiger partial charge >= 0.3 is 11.9 Å². The molecule has 4 nitrogen and oxygen atoms in total. The number of hydrogen-bond acceptors (Lipinski definition) is 3. The fourth-order valence-electron chi connectivity index (χ4n) is 1.98. The summed E-state index contributed by atoms with van der Waals surface area (Å²) in [5, 5.41) is 9.30. The van der Waals surface area contributed by atoms with Crippen LogP contribution >= 0.6 is 0 Å². The fraction of sp³-hybridized carbons (Fsp3) is 0.818. The van der Waals surface area contributed by atoms with E-state index in [2.05, 4.69) is 0 Å². The van der Waals surface area contributed by atoms with Crippen LogP contribution in [0.1, 0.15) is 41.5 Å². The lowest BCUT2D eigenvalue weighted by molar-refractivity contribution is -0.200. The Morgan fingerprint density at radius 1 is 1.20 bits per heavy atom. The zero-order chi connectivity index (χ0) is 12.4. The average Bonchev–Trinajstić information content (AvgIpc) is 1.95. The molecule has 0 aromatic carbocycles. The molecule has 0 spiro atoms. The Bertz CT molecular complexity index is 262. The Morgan fingerprint density at radius 3 is 1.67 bits per heavy atom. The molecule has 88 valence electrons. The summed E-state index contributed by atoms with van der Waals surface area (Å²) in [6.07, 6.45) is 0. The standard InChI is InChI=1S/C11H20O4/c1-7(2)11(9(13)14,10(4,5)6)15-8(3)12/h7H,1-6H3,(H,13,14). The van der Waals surface area contributed by atoms with E-state index >= 15 is 0 Å². The van der Waals surface area contributed by atoms with Crippen molar-refractivity contribution in [3.63, 3.8) is 0 Å². The lowest BCUT2D eigenvalue weighted by atomic mass is 9.69. The molecule has 4 heteroatoms. The summed E-state index contributed by atoms with van der Waals surface area (Å²) < 4.78 is 5.09. The first-order chi connectivity index (χ1) is 6.55. The Labute approximate surface area is 90.6 Å². The quantitative estimate of drug-likeness (QED) is 0.733. The maximum absolute atomic E-state index is 11.4. The molecule has 1 unspecified atom stereocenters. The third kappa shape index (κ3) is 2.49. The van der Waals surface area contributed by atoms with Gasteiger partial charge < -0.3 is 9.84 Å². The van der Waals surface area contributed by atoms with Gasteiger partial charge in [0.1, 0.15) is 0 Å². The highest BCUT2D eigenvalue weighted by molar-refractivity contribution is 5.82. The van der Waals surface area contributed by atoms with Crippen LogP contribution in [0.3, 0.4) is 0 Å². The van der Waals surface area contributed by atoms with E-state index in [-0.39, 0.29) is 5.92 Å². The van der Waals surface area contributed by atoms with Crippen LogP contribution in [0.4, 0.5) is 0 Å². The fourth-order valence-corrected chi connectivity index (χ4v) is 1.98. The second kappa shape index (κ2) is 4.21. The number of carbonyl (C=O) groups excluding carboxylic acids is 1. The first-order valence-electron chi connectivity index (χ1n) is 4.98. The van der Waals surface area contributed by atoms with Crippen LogP contribution in [-0.2, 0) is 14.3 Å². The van der Waals surface area contributed by atoms with Crippen LogP contribution in [0.25, 0.3) is 0 Å². The smallest absolute Gasteiger partial charge is 0.349 e. The summed E-state index contributed by atoms with van der Waals surface area (Å²) in [6.45, 7) is 9.97. The van der Waals surface area contributed by atoms with Crippen molar-refractivity contribution >= 4 is 11.9 Å². The molecule has 0 aliphatic rings. The number of carbonyl (C=O) groups is 2. The molecular weight excluding hydrogens is 196 g/mol. The summed E-state index contributed by atoms with van der Waals surface area (Å²) in [4.78, 5) is 22.4. The topological polar surface area (TPSA) is 63.6 Å². The molecule has 0 radical (unpaired) electrons. The molecule has 0 amide bonds. The van der Waals surface area contributed by atoms with Crippen molar-refractivity contribution < 1.29 is 19.4 Å². The zero-order valence-electron chi connectivity index (χ0n) is 10.2. The normalized spacial score (nSPS) is 15.9. The predicted molar refractivity (Wildman–Crippen MR) is 56.4 cm³/mol. The molecule has 0 fully saturated rings. The van der Waals surface area contributed by atoms with Crippen molar-refractivity contribution in [1.82, 2.24) is 0 Å². The van der Waals surface area contributed by atoms with Gasteiger partial charge in [0, 0.05) is 18.3 Å². The minimum absolute atomic E-state index is 0.293. The van der Waals surface area contributed by atoms with E-state index in [0.29, 0.717) is 0 Å². The molecule has 0 rings (SSSR count). The zero-order valence-corrected chi connectivity index (χ0v) is 10.2. The third-order valence-corrected chi connectivity index (χ3v) is 2.55. The van der Waals surface area contributed by atoms with Crippen LogP contribution in [-0.4, -0.2) is 22.6 Å². The maximum atomic E-state index is 11.4. The van der Waals surface area contributed by atoms with Gasteiger partial charge in [-0.2, -0.15) is 0 Å². The Kier molecular flexibility index (Phi) is 3.91. The number of ether oxygens (including phenoxy) is 1. The van der Waals surface area contributed by atoms with Crippen molar-refractivity contribution in [2.75, 3.05) is 0 Å². The Hall–Kier alpha value is -1.06. The van der Waals surface area contributed by atoms with E-state index in [1.54, 1.807) is 34.6 Å². The first-order valence-corrected chi connectivity index (χ1v) is 4.98. The Balaban J connectivity index is 5.49. The van der Waals surface area contributed by atoms with E-state index in [4.69, 9.17) is 4.74 Å². The number of rotatable bonds is 3. The van der Waals surface area contributed by atoms with E-state index in [0.717, 1.165) is 0 Å². The summed E-state index contributed by atoms with van der Waals surface area (Å²) in [5.74, 6) is -1.96. The van der Waals surface area contributed by atoms with Gasteiger partial charge in [0.2, 0.25) is 5.60 Å². The minimum atomic E-state index is -1.47. The van der Waals surface area contributed by atoms with Crippen molar-refractivity contribution in [2.24, 2.45) is 11.3 Å². The molecule has 0 bridgehead atoms. The Morgan fingerprint density at radius 2 is 1.60 bits per heavy atom.